The largest absolute Gasteiger partial charge is 0.494 e. The summed E-state index contributed by atoms with van der Waals surface area (Å²) in [4.78, 5) is 0. The van der Waals surface area contributed by atoms with Crippen molar-refractivity contribution in [2.45, 2.75) is 25.8 Å². The first-order chi connectivity index (χ1) is 9.81. The van der Waals surface area contributed by atoms with E-state index in [4.69, 9.17) is 14.2 Å². The lowest BCUT2D eigenvalue weighted by Crippen LogP contribution is -2.18. The lowest BCUT2D eigenvalue weighted by Gasteiger charge is -2.17. The SMILES string of the molecule is CCCOc1ccc(C(CCOCCOC)NC)cc1. The Bertz CT molecular complexity index is 340. The molecule has 1 aromatic rings. The number of rotatable bonds is 11. The monoisotopic (exact) mass is 281 g/mol. The molecule has 0 radical (unpaired) electrons. The molecule has 1 aromatic carbocycles. The van der Waals surface area contributed by atoms with Crippen LogP contribution in [0, 0.1) is 0 Å². The highest BCUT2D eigenvalue weighted by Gasteiger charge is 2.09. The predicted octanol–water partition coefficient (Wildman–Crippen LogP) is 2.79. The Morgan fingerprint density at radius 1 is 1.05 bits per heavy atom. The molecule has 0 aliphatic heterocycles. The van der Waals surface area contributed by atoms with Crippen molar-refractivity contribution in [1.82, 2.24) is 5.32 Å². The smallest absolute Gasteiger partial charge is 0.119 e. The number of methoxy groups -OCH3 is 1. The van der Waals surface area contributed by atoms with Gasteiger partial charge >= 0.3 is 0 Å². The van der Waals surface area contributed by atoms with Crippen LogP contribution >= 0.6 is 0 Å². The summed E-state index contributed by atoms with van der Waals surface area (Å²) in [6.07, 6.45) is 1.97. The number of hydrogen-bond acceptors (Lipinski definition) is 4. The van der Waals surface area contributed by atoms with E-state index in [2.05, 4.69) is 24.4 Å². The Kier molecular flexibility index (Phi) is 9.04. The van der Waals surface area contributed by atoms with E-state index in [0.29, 0.717) is 19.3 Å². The van der Waals surface area contributed by atoms with Gasteiger partial charge in [0.25, 0.3) is 0 Å². The van der Waals surface area contributed by atoms with E-state index in [9.17, 15) is 0 Å². The fraction of sp³-hybridized carbons (Fsp3) is 0.625. The Balaban J connectivity index is 2.40. The zero-order valence-electron chi connectivity index (χ0n) is 12.9. The van der Waals surface area contributed by atoms with Crippen LogP contribution in [0.4, 0.5) is 0 Å². The van der Waals surface area contributed by atoms with Crippen molar-refractivity contribution in [2.24, 2.45) is 0 Å². The molecule has 0 bridgehead atoms. The van der Waals surface area contributed by atoms with Gasteiger partial charge in [0, 0.05) is 19.8 Å². The molecule has 0 aromatic heterocycles. The Hall–Kier alpha value is -1.10. The molecule has 0 amide bonds. The van der Waals surface area contributed by atoms with Crippen LogP contribution in [0.2, 0.25) is 0 Å². The van der Waals surface area contributed by atoms with Crippen molar-refractivity contribution in [3.05, 3.63) is 29.8 Å². The highest BCUT2D eigenvalue weighted by molar-refractivity contribution is 5.29. The zero-order chi connectivity index (χ0) is 14.6. The normalized spacial score (nSPS) is 12.3. The second kappa shape index (κ2) is 10.7. The van der Waals surface area contributed by atoms with Gasteiger partial charge < -0.3 is 19.5 Å². The van der Waals surface area contributed by atoms with Gasteiger partial charge in [0.2, 0.25) is 0 Å². The molecule has 4 nitrogen and oxygen atoms in total. The summed E-state index contributed by atoms with van der Waals surface area (Å²) >= 11 is 0. The summed E-state index contributed by atoms with van der Waals surface area (Å²) in [5.41, 5.74) is 1.26. The third-order valence-electron chi connectivity index (χ3n) is 3.09. The topological polar surface area (TPSA) is 39.7 Å². The molecule has 1 rings (SSSR count). The lowest BCUT2D eigenvalue weighted by atomic mass is 10.0. The van der Waals surface area contributed by atoms with Crippen LogP contribution in [0.5, 0.6) is 5.75 Å². The first kappa shape index (κ1) is 17.0. The Labute approximate surface area is 122 Å². The Morgan fingerprint density at radius 3 is 2.40 bits per heavy atom. The molecule has 4 heteroatoms. The molecule has 0 aliphatic carbocycles. The van der Waals surface area contributed by atoms with Gasteiger partial charge in [-0.15, -0.1) is 0 Å². The van der Waals surface area contributed by atoms with Crippen LogP contribution in [0.15, 0.2) is 24.3 Å². The van der Waals surface area contributed by atoms with Crippen LogP contribution in [-0.2, 0) is 9.47 Å². The standard InChI is InChI=1S/C16H27NO3/c1-4-10-20-15-7-5-14(6-8-15)16(17-2)9-11-19-13-12-18-3/h5-8,16-17H,4,9-13H2,1-3H3. The van der Waals surface area contributed by atoms with Crippen LogP contribution in [0.1, 0.15) is 31.4 Å². The average Bonchev–Trinajstić information content (AvgIpc) is 2.49. The van der Waals surface area contributed by atoms with E-state index in [1.165, 1.54) is 5.56 Å². The van der Waals surface area contributed by atoms with E-state index >= 15 is 0 Å². The molecule has 0 saturated heterocycles. The predicted molar refractivity (Wildman–Crippen MR) is 81.3 cm³/mol. The van der Waals surface area contributed by atoms with E-state index in [1.54, 1.807) is 7.11 Å². The van der Waals surface area contributed by atoms with E-state index in [0.717, 1.165) is 31.8 Å². The van der Waals surface area contributed by atoms with Gasteiger partial charge in [0.15, 0.2) is 0 Å². The fourth-order valence-corrected chi connectivity index (χ4v) is 1.94. The fourth-order valence-electron chi connectivity index (χ4n) is 1.94. The van der Waals surface area contributed by atoms with Crippen molar-refractivity contribution in [3.8, 4) is 5.75 Å². The zero-order valence-corrected chi connectivity index (χ0v) is 12.9. The van der Waals surface area contributed by atoms with Crippen molar-refractivity contribution >= 4 is 0 Å². The third-order valence-corrected chi connectivity index (χ3v) is 3.09. The van der Waals surface area contributed by atoms with E-state index in [-0.39, 0.29) is 0 Å². The third kappa shape index (κ3) is 6.37. The maximum atomic E-state index is 5.59. The molecular weight excluding hydrogens is 254 g/mol. The van der Waals surface area contributed by atoms with Gasteiger partial charge in [-0.1, -0.05) is 19.1 Å². The molecule has 0 saturated carbocycles. The first-order valence-corrected chi connectivity index (χ1v) is 7.28. The molecule has 1 unspecified atom stereocenters. The molecule has 1 atom stereocenters. The second-order valence-corrected chi connectivity index (χ2v) is 4.65. The minimum absolute atomic E-state index is 0.303. The number of ether oxygens (including phenoxy) is 3. The summed E-state index contributed by atoms with van der Waals surface area (Å²) in [6, 6.07) is 8.59. The van der Waals surface area contributed by atoms with Crippen LogP contribution in [0.25, 0.3) is 0 Å². The summed E-state index contributed by atoms with van der Waals surface area (Å²) < 4.78 is 16.1. The van der Waals surface area contributed by atoms with Gasteiger partial charge in [0.05, 0.1) is 19.8 Å². The van der Waals surface area contributed by atoms with Crippen LogP contribution < -0.4 is 10.1 Å². The molecule has 0 fully saturated rings. The molecular formula is C16H27NO3. The lowest BCUT2D eigenvalue weighted by molar-refractivity contribution is 0.0661. The minimum Gasteiger partial charge on any atom is -0.494 e. The second-order valence-electron chi connectivity index (χ2n) is 4.65. The number of nitrogens with one attached hydrogen (secondary N) is 1. The maximum absolute atomic E-state index is 5.59. The first-order valence-electron chi connectivity index (χ1n) is 7.28. The summed E-state index contributed by atoms with van der Waals surface area (Å²) in [5, 5.41) is 3.32. The molecule has 20 heavy (non-hydrogen) atoms. The van der Waals surface area contributed by atoms with Crippen LogP contribution in [-0.4, -0.2) is 40.6 Å². The van der Waals surface area contributed by atoms with Crippen LogP contribution in [0.3, 0.4) is 0 Å². The summed E-state index contributed by atoms with van der Waals surface area (Å²) in [6.45, 7) is 4.89. The van der Waals surface area contributed by atoms with Crippen molar-refractivity contribution in [2.75, 3.05) is 40.6 Å². The minimum atomic E-state index is 0.303. The molecule has 1 N–H and O–H groups in total. The summed E-state index contributed by atoms with van der Waals surface area (Å²) in [7, 11) is 3.66. The highest BCUT2D eigenvalue weighted by Crippen LogP contribution is 2.20. The quantitative estimate of drug-likeness (QED) is 0.633. The van der Waals surface area contributed by atoms with Gasteiger partial charge in [-0.05, 0) is 37.6 Å². The molecule has 0 aliphatic rings. The summed E-state index contributed by atoms with van der Waals surface area (Å²) in [5.74, 6) is 0.932. The highest BCUT2D eigenvalue weighted by atomic mass is 16.5. The number of benzene rings is 1. The van der Waals surface area contributed by atoms with Gasteiger partial charge in [-0.3, -0.25) is 0 Å². The van der Waals surface area contributed by atoms with Crippen molar-refractivity contribution in [3.63, 3.8) is 0 Å². The average molecular weight is 281 g/mol. The molecule has 0 spiro atoms. The molecule has 0 heterocycles. The van der Waals surface area contributed by atoms with Gasteiger partial charge in [0.1, 0.15) is 5.75 Å². The van der Waals surface area contributed by atoms with Crippen molar-refractivity contribution in [1.29, 1.82) is 0 Å². The maximum Gasteiger partial charge on any atom is 0.119 e. The number of hydrogen-bond donors (Lipinski definition) is 1. The van der Waals surface area contributed by atoms with E-state index < -0.39 is 0 Å². The van der Waals surface area contributed by atoms with Gasteiger partial charge in [-0.25, -0.2) is 0 Å². The Morgan fingerprint density at radius 2 is 1.80 bits per heavy atom. The van der Waals surface area contributed by atoms with Crippen molar-refractivity contribution < 1.29 is 14.2 Å². The molecule has 114 valence electrons. The van der Waals surface area contributed by atoms with E-state index in [1.807, 2.05) is 19.2 Å². The van der Waals surface area contributed by atoms with Gasteiger partial charge in [-0.2, -0.15) is 0 Å².